The van der Waals surface area contributed by atoms with Gasteiger partial charge in [-0.1, -0.05) is 69.6 Å². The second-order valence-corrected chi connectivity index (χ2v) is 9.60. The van der Waals surface area contributed by atoms with Crippen LogP contribution in [0.3, 0.4) is 0 Å². The molecular weight excluding hydrogens is 491 g/mol. The smallest absolute Gasteiger partial charge is 0.407 e. The lowest BCUT2D eigenvalue weighted by atomic mass is 10.1. The van der Waals surface area contributed by atoms with Gasteiger partial charge in [0.1, 0.15) is 0 Å². The quantitative estimate of drug-likeness (QED) is 0.199. The Bertz CT molecular complexity index is 1290. The zero-order valence-corrected chi connectivity index (χ0v) is 22.8. The lowest BCUT2D eigenvalue weighted by molar-refractivity contribution is 0.0739. The molecule has 5 nitrogen and oxygen atoms in total. The minimum Gasteiger partial charge on any atom is -0.407 e. The first-order valence-corrected chi connectivity index (χ1v) is 13.7. The highest BCUT2D eigenvalue weighted by Crippen LogP contribution is 2.21. The van der Waals surface area contributed by atoms with E-state index in [4.69, 9.17) is 10.5 Å². The molecular formula is C33H37FN2O3. The van der Waals surface area contributed by atoms with Gasteiger partial charge in [0.25, 0.3) is 5.91 Å². The average molecular weight is 529 g/mol. The SMILES string of the molecule is CCCCCCN(Cc1ccc(F)c(OC(N)=O)c1)C(=O)c1ccc(C#Cc2ccc(CCCC)cc2)cc1. The number of ether oxygens (including phenoxy) is 1. The minimum absolute atomic E-state index is 0.129. The molecule has 0 bridgehead atoms. The maximum atomic E-state index is 14.0. The predicted molar refractivity (Wildman–Crippen MR) is 153 cm³/mol. The second-order valence-electron chi connectivity index (χ2n) is 9.60. The highest BCUT2D eigenvalue weighted by molar-refractivity contribution is 5.94. The molecule has 39 heavy (non-hydrogen) atoms. The second kappa shape index (κ2) is 15.3. The van der Waals surface area contributed by atoms with E-state index in [1.165, 1.54) is 30.5 Å². The summed E-state index contributed by atoms with van der Waals surface area (Å²) in [6.45, 7) is 5.12. The molecule has 0 aromatic heterocycles. The van der Waals surface area contributed by atoms with E-state index in [2.05, 4.69) is 37.8 Å². The molecule has 0 heterocycles. The first-order chi connectivity index (χ1) is 18.9. The summed E-state index contributed by atoms with van der Waals surface area (Å²) in [7, 11) is 0. The van der Waals surface area contributed by atoms with Crippen LogP contribution in [-0.4, -0.2) is 23.4 Å². The van der Waals surface area contributed by atoms with Crippen LogP contribution in [0.15, 0.2) is 66.7 Å². The molecule has 204 valence electrons. The number of hydrogen-bond acceptors (Lipinski definition) is 3. The Hall–Kier alpha value is -4.11. The number of unbranched alkanes of at least 4 members (excludes halogenated alkanes) is 4. The normalized spacial score (nSPS) is 10.4. The topological polar surface area (TPSA) is 72.6 Å². The van der Waals surface area contributed by atoms with Crippen molar-refractivity contribution in [2.75, 3.05) is 6.54 Å². The van der Waals surface area contributed by atoms with Crippen LogP contribution in [0.25, 0.3) is 0 Å². The number of aryl methyl sites for hydroxylation is 1. The van der Waals surface area contributed by atoms with Crippen molar-refractivity contribution in [2.45, 2.75) is 65.3 Å². The fourth-order valence-electron chi connectivity index (χ4n) is 4.19. The number of amides is 2. The molecule has 0 atom stereocenters. The number of carbonyl (C=O) groups excluding carboxylic acids is 2. The third kappa shape index (κ3) is 9.61. The zero-order chi connectivity index (χ0) is 28.0. The molecule has 2 N–H and O–H groups in total. The highest BCUT2D eigenvalue weighted by atomic mass is 19.1. The monoisotopic (exact) mass is 528 g/mol. The van der Waals surface area contributed by atoms with E-state index < -0.39 is 11.9 Å². The van der Waals surface area contributed by atoms with Crippen LogP contribution in [0.4, 0.5) is 9.18 Å². The number of primary amides is 1. The number of carbonyl (C=O) groups is 2. The lowest BCUT2D eigenvalue weighted by Crippen LogP contribution is -2.31. The van der Waals surface area contributed by atoms with Crippen molar-refractivity contribution in [1.82, 2.24) is 4.90 Å². The van der Waals surface area contributed by atoms with Gasteiger partial charge in [0.05, 0.1) is 0 Å². The zero-order valence-electron chi connectivity index (χ0n) is 22.8. The van der Waals surface area contributed by atoms with Crippen molar-refractivity contribution in [3.63, 3.8) is 0 Å². The Morgan fingerprint density at radius 3 is 2.05 bits per heavy atom. The van der Waals surface area contributed by atoms with E-state index in [1.807, 2.05) is 24.3 Å². The largest absolute Gasteiger partial charge is 0.410 e. The van der Waals surface area contributed by atoms with Crippen LogP contribution in [0.5, 0.6) is 5.75 Å². The average Bonchev–Trinajstić information content (AvgIpc) is 2.94. The molecule has 0 aliphatic heterocycles. The van der Waals surface area contributed by atoms with E-state index in [9.17, 15) is 14.0 Å². The van der Waals surface area contributed by atoms with Gasteiger partial charge in [0.15, 0.2) is 11.6 Å². The summed E-state index contributed by atoms with van der Waals surface area (Å²) in [5.41, 5.74) is 9.33. The third-order valence-electron chi connectivity index (χ3n) is 6.40. The Morgan fingerprint density at radius 2 is 1.44 bits per heavy atom. The van der Waals surface area contributed by atoms with E-state index in [1.54, 1.807) is 23.1 Å². The number of nitrogens with zero attached hydrogens (tertiary/aromatic N) is 1. The van der Waals surface area contributed by atoms with Crippen molar-refractivity contribution >= 4 is 12.0 Å². The van der Waals surface area contributed by atoms with Crippen LogP contribution in [-0.2, 0) is 13.0 Å². The van der Waals surface area contributed by atoms with E-state index in [0.29, 0.717) is 17.7 Å². The van der Waals surface area contributed by atoms with Gasteiger partial charge >= 0.3 is 6.09 Å². The van der Waals surface area contributed by atoms with Gasteiger partial charge in [-0.2, -0.15) is 0 Å². The summed E-state index contributed by atoms with van der Waals surface area (Å²) in [6.07, 6.45) is 6.39. The molecule has 0 aliphatic rings. The summed E-state index contributed by atoms with van der Waals surface area (Å²) in [6, 6.07) is 19.8. The van der Waals surface area contributed by atoms with Crippen LogP contribution in [0, 0.1) is 17.7 Å². The van der Waals surface area contributed by atoms with Gasteiger partial charge in [-0.05, 0) is 78.9 Å². The van der Waals surface area contributed by atoms with Crippen molar-refractivity contribution in [1.29, 1.82) is 0 Å². The number of halogens is 1. The minimum atomic E-state index is -1.09. The van der Waals surface area contributed by atoms with E-state index in [0.717, 1.165) is 43.2 Å². The Morgan fingerprint density at radius 1 is 0.821 bits per heavy atom. The summed E-state index contributed by atoms with van der Waals surface area (Å²) in [5.74, 6) is 5.29. The molecule has 3 aromatic carbocycles. The molecule has 3 rings (SSSR count). The number of benzene rings is 3. The molecule has 0 spiro atoms. The van der Waals surface area contributed by atoms with Crippen molar-refractivity contribution in [3.05, 3.63) is 100 Å². The number of rotatable bonds is 12. The van der Waals surface area contributed by atoms with Gasteiger partial charge in [-0.15, -0.1) is 0 Å². The van der Waals surface area contributed by atoms with Gasteiger partial charge in [-0.3, -0.25) is 4.79 Å². The molecule has 0 saturated carbocycles. The van der Waals surface area contributed by atoms with Crippen LogP contribution in [0.1, 0.15) is 85.0 Å². The summed E-state index contributed by atoms with van der Waals surface area (Å²) >= 11 is 0. The third-order valence-corrected chi connectivity index (χ3v) is 6.40. The van der Waals surface area contributed by atoms with Gasteiger partial charge < -0.3 is 15.4 Å². The summed E-state index contributed by atoms with van der Waals surface area (Å²) < 4.78 is 18.8. The molecule has 2 amide bonds. The Kier molecular flexibility index (Phi) is 11.6. The maximum Gasteiger partial charge on any atom is 0.410 e. The Labute approximate surface area is 231 Å². The van der Waals surface area contributed by atoms with Gasteiger partial charge in [-0.25, -0.2) is 9.18 Å². The van der Waals surface area contributed by atoms with Gasteiger partial charge in [0, 0.05) is 29.8 Å². The molecule has 0 saturated heterocycles. The maximum absolute atomic E-state index is 14.0. The highest BCUT2D eigenvalue weighted by Gasteiger charge is 2.17. The van der Waals surface area contributed by atoms with Crippen LogP contribution >= 0.6 is 0 Å². The first kappa shape index (κ1) is 29.4. The molecule has 0 radical (unpaired) electrons. The van der Waals surface area contributed by atoms with Gasteiger partial charge in [0.2, 0.25) is 0 Å². The first-order valence-electron chi connectivity index (χ1n) is 13.7. The summed E-state index contributed by atoms with van der Waals surface area (Å²) in [5, 5.41) is 0. The Balaban J connectivity index is 1.72. The summed E-state index contributed by atoms with van der Waals surface area (Å²) in [4.78, 5) is 26.3. The molecule has 0 fully saturated rings. The molecule has 3 aromatic rings. The molecule has 0 unspecified atom stereocenters. The molecule has 0 aliphatic carbocycles. The van der Waals surface area contributed by atoms with Crippen LogP contribution < -0.4 is 10.5 Å². The predicted octanol–water partition coefficient (Wildman–Crippen LogP) is 7.25. The van der Waals surface area contributed by atoms with Crippen molar-refractivity contribution in [3.8, 4) is 17.6 Å². The van der Waals surface area contributed by atoms with E-state index >= 15 is 0 Å². The fraction of sp³-hybridized carbons (Fsp3) is 0.333. The lowest BCUT2D eigenvalue weighted by Gasteiger charge is -2.23. The number of nitrogens with two attached hydrogens (primary N) is 1. The standard InChI is InChI=1S/C33H37FN2O3/c1-3-5-7-8-22-36(24-28-18-21-30(34)31(23-28)39-33(35)38)32(37)29-19-16-27(17-20-29)15-14-26-12-10-25(11-13-26)9-6-4-2/h10-13,16-21,23H,3-9,22,24H2,1-2H3,(H2,35,38). The fourth-order valence-corrected chi connectivity index (χ4v) is 4.19. The van der Waals surface area contributed by atoms with Crippen molar-refractivity contribution < 1.29 is 18.7 Å². The van der Waals surface area contributed by atoms with Crippen molar-refractivity contribution in [2.24, 2.45) is 5.73 Å². The van der Waals surface area contributed by atoms with Crippen LogP contribution in [0.2, 0.25) is 0 Å². The molecule has 6 heteroatoms. The van der Waals surface area contributed by atoms with E-state index in [-0.39, 0.29) is 18.2 Å². The number of hydrogen-bond donors (Lipinski definition) is 1.